The topological polar surface area (TPSA) is 90.4 Å². The van der Waals surface area contributed by atoms with Gasteiger partial charge in [-0.15, -0.1) is 13.2 Å². The van der Waals surface area contributed by atoms with Crippen molar-refractivity contribution < 1.29 is 24.2 Å². The maximum Gasteiger partial charge on any atom is 0.253 e. The zero-order chi connectivity index (χ0) is 29.6. The van der Waals surface area contributed by atoms with E-state index in [1.807, 2.05) is 27.7 Å². The smallest absolute Gasteiger partial charge is 0.253 e. The molecule has 3 aliphatic heterocycles. The second-order valence-electron chi connectivity index (χ2n) is 11.8. The van der Waals surface area contributed by atoms with E-state index in [1.54, 1.807) is 58.2 Å². The fourth-order valence-electron chi connectivity index (χ4n) is 7.25. The quantitative estimate of drug-likeness (QED) is 0.407. The van der Waals surface area contributed by atoms with E-state index in [2.05, 4.69) is 13.2 Å². The number of carbonyl (C=O) groups is 3. The Hall–Kier alpha value is -2.68. The van der Waals surface area contributed by atoms with Gasteiger partial charge in [0.15, 0.2) is 0 Å². The van der Waals surface area contributed by atoms with Gasteiger partial charge in [-0.05, 0) is 49.4 Å². The standard InChI is InChI=1S/C31H42ClN3O5/c1-8-15-33(7)27(37)24-25-28(38)35(23(18-36)19(4)10-3)26(31(25)17-20(5)30(24,6)40-31)29(39)34(16-9-2)22-13-11-21(32)12-14-22/h8-9,11-14,19-20,23-26,36H,1-2,10,15-18H2,3-7H3/t19-,20?,23-,24+,25-,26?,30-,31?/m0/s1. The van der Waals surface area contributed by atoms with Crippen molar-refractivity contribution in [3.05, 3.63) is 54.6 Å². The van der Waals surface area contributed by atoms with Crippen LogP contribution in [0.1, 0.15) is 40.5 Å². The molecule has 1 spiro atoms. The number of hydrogen-bond acceptors (Lipinski definition) is 5. The fourth-order valence-corrected chi connectivity index (χ4v) is 7.37. The summed E-state index contributed by atoms with van der Waals surface area (Å²) < 4.78 is 6.86. The van der Waals surface area contributed by atoms with Gasteiger partial charge in [-0.3, -0.25) is 14.4 Å². The van der Waals surface area contributed by atoms with Crippen molar-refractivity contribution in [3.63, 3.8) is 0 Å². The minimum absolute atomic E-state index is 0.0857. The minimum atomic E-state index is -1.22. The van der Waals surface area contributed by atoms with Gasteiger partial charge in [0.2, 0.25) is 11.8 Å². The number of aliphatic hydroxyl groups excluding tert-OH is 1. The average molecular weight is 572 g/mol. The van der Waals surface area contributed by atoms with Gasteiger partial charge in [0.05, 0.1) is 30.1 Å². The van der Waals surface area contributed by atoms with Crippen molar-refractivity contribution in [3.8, 4) is 0 Å². The van der Waals surface area contributed by atoms with Crippen molar-refractivity contribution in [1.82, 2.24) is 9.80 Å². The van der Waals surface area contributed by atoms with E-state index < -0.39 is 35.1 Å². The zero-order valence-electron chi connectivity index (χ0n) is 24.2. The third-order valence-electron chi connectivity index (χ3n) is 9.59. The first-order valence-electron chi connectivity index (χ1n) is 14.1. The molecule has 8 atom stereocenters. The average Bonchev–Trinajstić information content (AvgIpc) is 3.44. The Balaban J connectivity index is 1.90. The molecule has 8 nitrogen and oxygen atoms in total. The second-order valence-corrected chi connectivity index (χ2v) is 12.2. The molecule has 40 heavy (non-hydrogen) atoms. The SMILES string of the molecule is C=CCN(C)C(=O)[C@H]1[C@H]2C(=O)N([C@@H](CO)[C@@H](C)CC)C(C(=O)N(CC=C)c3ccc(Cl)cc3)C23CC(C)[C@]1(C)O3. The summed E-state index contributed by atoms with van der Waals surface area (Å²) in [6, 6.07) is 5.28. The number of likely N-dealkylation sites (tertiary alicyclic amines) is 1. The molecular formula is C31H42ClN3O5. The lowest BCUT2D eigenvalue weighted by Gasteiger charge is -2.41. The van der Waals surface area contributed by atoms with Gasteiger partial charge in [0, 0.05) is 30.8 Å². The molecule has 9 heteroatoms. The van der Waals surface area contributed by atoms with Crippen LogP contribution in [0.4, 0.5) is 5.69 Å². The molecule has 4 rings (SSSR count). The number of amides is 3. The molecule has 2 bridgehead atoms. The number of carbonyl (C=O) groups excluding carboxylic acids is 3. The van der Waals surface area contributed by atoms with E-state index in [1.165, 1.54) is 0 Å². The number of rotatable bonds is 11. The summed E-state index contributed by atoms with van der Waals surface area (Å²) >= 11 is 6.14. The molecule has 3 aliphatic rings. The number of ether oxygens (including phenoxy) is 1. The van der Waals surface area contributed by atoms with Crippen LogP contribution < -0.4 is 4.90 Å². The maximum absolute atomic E-state index is 14.7. The summed E-state index contributed by atoms with van der Waals surface area (Å²) in [5.74, 6) is -2.64. The largest absolute Gasteiger partial charge is 0.394 e. The molecule has 3 amide bonds. The Morgan fingerprint density at radius 1 is 1.23 bits per heavy atom. The number of halogens is 1. The minimum Gasteiger partial charge on any atom is -0.394 e. The summed E-state index contributed by atoms with van der Waals surface area (Å²) in [4.78, 5) is 47.9. The lowest BCUT2D eigenvalue weighted by molar-refractivity contribution is -0.154. The molecule has 3 unspecified atom stereocenters. The molecule has 0 aliphatic carbocycles. The van der Waals surface area contributed by atoms with Gasteiger partial charge in [0.25, 0.3) is 5.91 Å². The van der Waals surface area contributed by atoms with Crippen LogP contribution in [0.2, 0.25) is 5.02 Å². The van der Waals surface area contributed by atoms with Crippen molar-refractivity contribution >= 4 is 35.0 Å². The number of aliphatic hydroxyl groups is 1. The van der Waals surface area contributed by atoms with Crippen LogP contribution >= 0.6 is 11.6 Å². The van der Waals surface area contributed by atoms with Crippen molar-refractivity contribution in [1.29, 1.82) is 0 Å². The van der Waals surface area contributed by atoms with Crippen LogP contribution in [0.5, 0.6) is 0 Å². The number of nitrogens with zero attached hydrogens (tertiary/aromatic N) is 3. The van der Waals surface area contributed by atoms with E-state index in [9.17, 15) is 19.5 Å². The van der Waals surface area contributed by atoms with Gasteiger partial charge in [-0.1, -0.05) is 50.9 Å². The Bertz CT molecular complexity index is 1170. The maximum atomic E-state index is 14.7. The molecule has 0 aromatic heterocycles. The molecule has 1 N–H and O–H groups in total. The van der Waals surface area contributed by atoms with Gasteiger partial charge in [-0.2, -0.15) is 0 Å². The highest BCUT2D eigenvalue weighted by Crippen LogP contribution is 2.66. The third kappa shape index (κ3) is 4.48. The number of benzene rings is 1. The van der Waals surface area contributed by atoms with Gasteiger partial charge in [-0.25, -0.2) is 0 Å². The zero-order valence-corrected chi connectivity index (χ0v) is 24.9. The summed E-state index contributed by atoms with van der Waals surface area (Å²) in [5.41, 5.74) is -1.54. The van der Waals surface area contributed by atoms with Crippen molar-refractivity contribution in [2.24, 2.45) is 23.7 Å². The first-order chi connectivity index (χ1) is 18.9. The van der Waals surface area contributed by atoms with E-state index >= 15 is 0 Å². The lowest BCUT2D eigenvalue weighted by atomic mass is 9.62. The molecule has 3 saturated heterocycles. The van der Waals surface area contributed by atoms with Crippen LogP contribution in [0, 0.1) is 23.7 Å². The van der Waals surface area contributed by atoms with E-state index in [4.69, 9.17) is 16.3 Å². The Morgan fingerprint density at radius 2 is 1.85 bits per heavy atom. The summed E-state index contributed by atoms with van der Waals surface area (Å²) in [6.07, 6.45) is 4.42. The molecule has 1 aromatic rings. The van der Waals surface area contributed by atoms with Gasteiger partial charge >= 0.3 is 0 Å². The van der Waals surface area contributed by atoms with Crippen LogP contribution in [-0.2, 0) is 19.1 Å². The van der Waals surface area contributed by atoms with E-state index in [0.717, 1.165) is 0 Å². The monoisotopic (exact) mass is 571 g/mol. The summed E-state index contributed by atoms with van der Waals surface area (Å²) in [6.45, 7) is 15.7. The number of likely N-dealkylation sites (N-methyl/N-ethyl adjacent to an activating group) is 1. The third-order valence-corrected chi connectivity index (χ3v) is 9.84. The Kier molecular flexibility index (Phi) is 8.56. The Labute approximate surface area is 242 Å². The van der Waals surface area contributed by atoms with Crippen LogP contribution in [0.3, 0.4) is 0 Å². The summed E-state index contributed by atoms with van der Waals surface area (Å²) in [5, 5.41) is 11.1. The highest BCUT2D eigenvalue weighted by molar-refractivity contribution is 6.30. The molecule has 1 aromatic carbocycles. The molecule has 0 radical (unpaired) electrons. The number of fused-ring (bicyclic) bond motifs is 1. The molecule has 3 fully saturated rings. The molecule has 218 valence electrons. The highest BCUT2D eigenvalue weighted by atomic mass is 35.5. The summed E-state index contributed by atoms with van der Waals surface area (Å²) in [7, 11) is 1.69. The lowest BCUT2D eigenvalue weighted by Crippen LogP contribution is -2.60. The van der Waals surface area contributed by atoms with Crippen LogP contribution in [0.25, 0.3) is 0 Å². The predicted octanol–water partition coefficient (Wildman–Crippen LogP) is 3.92. The second kappa shape index (κ2) is 11.3. The Morgan fingerprint density at radius 3 is 2.40 bits per heavy atom. The van der Waals surface area contributed by atoms with Crippen molar-refractivity contribution in [2.75, 3.05) is 31.6 Å². The molecular weight excluding hydrogens is 530 g/mol. The van der Waals surface area contributed by atoms with Crippen LogP contribution in [-0.4, -0.2) is 82.7 Å². The predicted molar refractivity (Wildman–Crippen MR) is 156 cm³/mol. The van der Waals surface area contributed by atoms with E-state index in [0.29, 0.717) is 30.1 Å². The van der Waals surface area contributed by atoms with Gasteiger partial charge in [0.1, 0.15) is 11.6 Å². The number of hydrogen-bond donors (Lipinski definition) is 1. The fraction of sp³-hybridized carbons (Fsp3) is 0.581. The molecule has 3 heterocycles. The first-order valence-corrected chi connectivity index (χ1v) is 14.5. The van der Waals surface area contributed by atoms with Gasteiger partial charge < -0.3 is 24.5 Å². The highest BCUT2D eigenvalue weighted by Gasteiger charge is 2.80. The normalized spacial score (nSPS) is 32.0. The number of anilines is 1. The first kappa shape index (κ1) is 30.3. The molecule has 0 saturated carbocycles. The van der Waals surface area contributed by atoms with Crippen LogP contribution in [0.15, 0.2) is 49.6 Å². The van der Waals surface area contributed by atoms with E-state index in [-0.39, 0.29) is 42.7 Å². The van der Waals surface area contributed by atoms with Crippen molar-refractivity contribution in [2.45, 2.75) is 63.8 Å².